The minimum atomic E-state index is -3.89. The van der Waals surface area contributed by atoms with Gasteiger partial charge in [0, 0.05) is 11.6 Å². The smallest absolute Gasteiger partial charge is 0.258 e. The Bertz CT molecular complexity index is 922. The molecular weight excluding hydrogens is 368 g/mol. The van der Waals surface area contributed by atoms with E-state index in [1.54, 1.807) is 24.3 Å². The van der Waals surface area contributed by atoms with Crippen LogP contribution in [0.2, 0.25) is 0 Å². The van der Waals surface area contributed by atoms with E-state index in [2.05, 4.69) is 10.3 Å². The van der Waals surface area contributed by atoms with Gasteiger partial charge in [-0.05, 0) is 56.3 Å². The van der Waals surface area contributed by atoms with Gasteiger partial charge in [-0.1, -0.05) is 11.6 Å². The zero-order valence-electron chi connectivity index (χ0n) is 15.4. The maximum atomic E-state index is 12.2. The fraction of sp³-hybridized carbons (Fsp3) is 0.211. The molecule has 0 atom stereocenters. The molecule has 0 heterocycles. The second-order valence-corrected chi connectivity index (χ2v) is 7.26. The first kappa shape index (κ1) is 20.5. The first-order chi connectivity index (χ1) is 12.9. The number of sulfonamides is 1. The number of aryl methyl sites for hydroxylation is 1. The molecule has 1 amide bonds. The highest BCUT2D eigenvalue weighted by Crippen LogP contribution is 2.21. The summed E-state index contributed by atoms with van der Waals surface area (Å²) in [6.45, 7) is 4.24. The molecule has 8 heteroatoms. The van der Waals surface area contributed by atoms with E-state index < -0.39 is 15.9 Å². The molecule has 0 aromatic heterocycles. The van der Waals surface area contributed by atoms with Crippen LogP contribution in [0.4, 0.5) is 0 Å². The van der Waals surface area contributed by atoms with Crippen LogP contribution in [0.1, 0.15) is 18.1 Å². The van der Waals surface area contributed by atoms with Crippen LogP contribution < -0.4 is 19.7 Å². The molecule has 0 fully saturated rings. The Morgan fingerprint density at radius 3 is 2.48 bits per heavy atom. The molecule has 7 nitrogen and oxygen atoms in total. The van der Waals surface area contributed by atoms with Crippen LogP contribution in [0, 0.1) is 6.92 Å². The standard InChI is InChI=1S/C19H22N2O5S/c1-4-26-16-7-9-17(10-8-16)27(23,24)21-20-19(22)12-6-15-13-14(2)5-11-18(15)25-3/h5-13,21H,4H2,1-3H3,(H,20,22)/b12-6+. The van der Waals surface area contributed by atoms with E-state index in [9.17, 15) is 13.2 Å². The van der Waals surface area contributed by atoms with Crippen LogP contribution in [-0.2, 0) is 14.8 Å². The molecule has 0 aliphatic carbocycles. The second-order valence-electron chi connectivity index (χ2n) is 5.58. The van der Waals surface area contributed by atoms with E-state index in [0.717, 1.165) is 5.56 Å². The van der Waals surface area contributed by atoms with Crippen molar-refractivity contribution in [2.24, 2.45) is 0 Å². The van der Waals surface area contributed by atoms with Gasteiger partial charge in [0.1, 0.15) is 11.5 Å². The zero-order chi connectivity index (χ0) is 19.9. The van der Waals surface area contributed by atoms with Gasteiger partial charge in [0.25, 0.3) is 15.9 Å². The predicted molar refractivity (Wildman–Crippen MR) is 103 cm³/mol. The van der Waals surface area contributed by atoms with E-state index in [-0.39, 0.29) is 4.90 Å². The molecule has 0 saturated heterocycles. The second kappa shape index (κ2) is 9.20. The van der Waals surface area contributed by atoms with Crippen molar-refractivity contribution in [3.05, 3.63) is 59.7 Å². The lowest BCUT2D eigenvalue weighted by molar-refractivity contribution is -0.116. The summed E-state index contributed by atoms with van der Waals surface area (Å²) in [7, 11) is -2.35. The van der Waals surface area contributed by atoms with Gasteiger partial charge in [-0.15, -0.1) is 4.83 Å². The molecule has 2 N–H and O–H groups in total. The number of hydrazine groups is 1. The zero-order valence-corrected chi connectivity index (χ0v) is 16.2. The fourth-order valence-corrected chi connectivity index (χ4v) is 3.10. The lowest BCUT2D eigenvalue weighted by atomic mass is 10.1. The van der Waals surface area contributed by atoms with Gasteiger partial charge in [-0.25, -0.2) is 8.42 Å². The number of rotatable bonds is 8. The fourth-order valence-electron chi connectivity index (χ4n) is 2.25. The van der Waals surface area contributed by atoms with Crippen molar-refractivity contribution in [3.63, 3.8) is 0 Å². The summed E-state index contributed by atoms with van der Waals surface area (Å²) in [5.74, 6) is 0.559. The number of amides is 1. The molecule has 0 unspecified atom stereocenters. The molecule has 0 bridgehead atoms. The van der Waals surface area contributed by atoms with Gasteiger partial charge in [0.05, 0.1) is 18.6 Å². The van der Waals surface area contributed by atoms with Crippen molar-refractivity contribution in [2.75, 3.05) is 13.7 Å². The minimum absolute atomic E-state index is 0.00980. The lowest BCUT2D eigenvalue weighted by Gasteiger charge is -2.08. The average molecular weight is 390 g/mol. The van der Waals surface area contributed by atoms with Gasteiger partial charge in [0.15, 0.2) is 0 Å². The lowest BCUT2D eigenvalue weighted by Crippen LogP contribution is -2.40. The molecule has 0 radical (unpaired) electrons. The Balaban J connectivity index is 2.01. The van der Waals surface area contributed by atoms with E-state index in [0.29, 0.717) is 23.7 Å². The van der Waals surface area contributed by atoms with E-state index >= 15 is 0 Å². The van der Waals surface area contributed by atoms with Crippen LogP contribution in [-0.4, -0.2) is 28.0 Å². The number of hydrogen-bond donors (Lipinski definition) is 2. The highest BCUT2D eigenvalue weighted by molar-refractivity contribution is 7.89. The Labute approximate surface area is 159 Å². The Kier molecular flexibility index (Phi) is 6.98. The summed E-state index contributed by atoms with van der Waals surface area (Å²) in [6, 6.07) is 11.4. The topological polar surface area (TPSA) is 93.7 Å². The number of hydrogen-bond acceptors (Lipinski definition) is 5. The summed E-state index contributed by atoms with van der Waals surface area (Å²) >= 11 is 0. The van der Waals surface area contributed by atoms with Crippen molar-refractivity contribution >= 4 is 22.0 Å². The number of nitrogens with one attached hydrogen (secondary N) is 2. The third-order valence-corrected chi connectivity index (χ3v) is 4.82. The molecule has 0 spiro atoms. The van der Waals surface area contributed by atoms with E-state index in [4.69, 9.17) is 9.47 Å². The summed E-state index contributed by atoms with van der Waals surface area (Å²) in [6.07, 6.45) is 2.77. The van der Waals surface area contributed by atoms with Crippen molar-refractivity contribution in [3.8, 4) is 11.5 Å². The third kappa shape index (κ3) is 5.83. The minimum Gasteiger partial charge on any atom is -0.496 e. The maximum Gasteiger partial charge on any atom is 0.258 e. The first-order valence-corrected chi connectivity index (χ1v) is 9.71. The molecular formula is C19H22N2O5S. The summed E-state index contributed by atoms with van der Waals surface area (Å²) in [4.78, 5) is 14.0. The molecule has 27 heavy (non-hydrogen) atoms. The normalized spacial score (nSPS) is 11.4. The van der Waals surface area contributed by atoms with Gasteiger partial charge < -0.3 is 9.47 Å². The molecule has 0 saturated carbocycles. The van der Waals surface area contributed by atoms with Crippen molar-refractivity contribution in [1.82, 2.24) is 10.3 Å². The number of carbonyl (C=O) groups is 1. The van der Waals surface area contributed by atoms with Crippen LogP contribution in [0.15, 0.2) is 53.4 Å². The third-order valence-electron chi connectivity index (χ3n) is 3.55. The van der Waals surface area contributed by atoms with Crippen LogP contribution in [0.3, 0.4) is 0 Å². The average Bonchev–Trinajstić information content (AvgIpc) is 2.65. The van der Waals surface area contributed by atoms with Crippen LogP contribution in [0.5, 0.6) is 11.5 Å². The Morgan fingerprint density at radius 2 is 1.85 bits per heavy atom. The highest BCUT2D eigenvalue weighted by atomic mass is 32.2. The summed E-state index contributed by atoms with van der Waals surface area (Å²) < 4.78 is 34.9. The predicted octanol–water partition coefficient (Wildman–Crippen LogP) is 2.43. The SMILES string of the molecule is CCOc1ccc(S(=O)(=O)NNC(=O)/C=C/c2cc(C)ccc2OC)cc1. The number of benzene rings is 2. The van der Waals surface area contributed by atoms with Crippen LogP contribution >= 0.6 is 0 Å². The number of methoxy groups -OCH3 is 1. The molecule has 2 aromatic rings. The van der Waals surface area contributed by atoms with Gasteiger partial charge in [0.2, 0.25) is 0 Å². The van der Waals surface area contributed by atoms with Crippen molar-refractivity contribution in [2.45, 2.75) is 18.7 Å². The Morgan fingerprint density at radius 1 is 1.15 bits per heavy atom. The van der Waals surface area contributed by atoms with E-state index in [1.165, 1.54) is 25.3 Å². The Hall–Kier alpha value is -2.84. The molecule has 0 aliphatic rings. The molecule has 144 valence electrons. The maximum absolute atomic E-state index is 12.2. The van der Waals surface area contributed by atoms with E-state index in [1.807, 2.05) is 26.0 Å². The number of carbonyl (C=O) groups excluding carboxylic acids is 1. The largest absolute Gasteiger partial charge is 0.496 e. The van der Waals surface area contributed by atoms with Gasteiger partial charge in [-0.3, -0.25) is 10.2 Å². The van der Waals surface area contributed by atoms with Gasteiger partial charge in [-0.2, -0.15) is 0 Å². The summed E-state index contributed by atoms with van der Waals surface area (Å²) in [5, 5.41) is 0. The van der Waals surface area contributed by atoms with Gasteiger partial charge >= 0.3 is 0 Å². The molecule has 0 aliphatic heterocycles. The van der Waals surface area contributed by atoms with Crippen LogP contribution in [0.25, 0.3) is 6.08 Å². The highest BCUT2D eigenvalue weighted by Gasteiger charge is 2.14. The number of ether oxygens (including phenoxy) is 2. The quantitative estimate of drug-likeness (QED) is 0.533. The molecule has 2 aromatic carbocycles. The monoisotopic (exact) mass is 390 g/mol. The first-order valence-electron chi connectivity index (χ1n) is 8.23. The van der Waals surface area contributed by atoms with Crippen molar-refractivity contribution < 1.29 is 22.7 Å². The van der Waals surface area contributed by atoms with Crippen molar-refractivity contribution in [1.29, 1.82) is 0 Å². The molecule has 2 rings (SSSR count). The summed E-state index contributed by atoms with van der Waals surface area (Å²) in [5.41, 5.74) is 3.86.